The second-order valence-corrected chi connectivity index (χ2v) is 3.73. The zero-order valence-corrected chi connectivity index (χ0v) is 10.6. The summed E-state index contributed by atoms with van der Waals surface area (Å²) in [6, 6.07) is 13.0. The van der Waals surface area contributed by atoms with Crippen molar-refractivity contribution in [3.05, 3.63) is 42.5 Å². The van der Waals surface area contributed by atoms with E-state index in [4.69, 9.17) is 4.55 Å². The molecule has 0 saturated heterocycles. The van der Waals surface area contributed by atoms with Gasteiger partial charge in [-0.15, -0.1) is 0 Å². The van der Waals surface area contributed by atoms with Crippen molar-refractivity contribution in [2.45, 2.75) is 4.90 Å². The van der Waals surface area contributed by atoms with Crippen LogP contribution in [0.5, 0.6) is 0 Å². The first kappa shape index (κ1) is 11.9. The molecule has 2 nitrogen and oxygen atoms in total. The Kier molecular flexibility index (Phi) is 4.29. The molecule has 0 aliphatic carbocycles. The van der Waals surface area contributed by atoms with Gasteiger partial charge in [0.15, 0.2) is 11.1 Å². The predicted octanol–water partition coefficient (Wildman–Crippen LogP) is -0.463. The van der Waals surface area contributed by atoms with Crippen LogP contribution in [-0.4, -0.2) is 8.76 Å². The zero-order chi connectivity index (χ0) is 9.26. The van der Waals surface area contributed by atoms with Gasteiger partial charge in [0.05, 0.1) is 4.90 Å². The maximum atomic E-state index is 10.8. The fourth-order valence-electron chi connectivity index (χ4n) is 1.28. The molecular formula is C10H9NaO2S. The summed E-state index contributed by atoms with van der Waals surface area (Å²) >= 11 is -1.88. The summed E-state index contributed by atoms with van der Waals surface area (Å²) in [4.78, 5) is 0.443. The molecule has 2 rings (SSSR count). The minimum absolute atomic E-state index is 0. The van der Waals surface area contributed by atoms with Gasteiger partial charge in [-0.25, -0.2) is 4.21 Å². The molecule has 0 aromatic heterocycles. The summed E-state index contributed by atoms with van der Waals surface area (Å²) in [5, 5.41) is 2.07. The molecule has 0 spiro atoms. The minimum Gasteiger partial charge on any atom is -1.00 e. The number of fused-ring (bicyclic) bond motifs is 1. The van der Waals surface area contributed by atoms with Crippen molar-refractivity contribution in [3.63, 3.8) is 0 Å². The second kappa shape index (κ2) is 5.05. The van der Waals surface area contributed by atoms with E-state index < -0.39 is 11.1 Å². The third-order valence-electron chi connectivity index (χ3n) is 1.92. The van der Waals surface area contributed by atoms with Crippen LogP contribution in [0.25, 0.3) is 10.8 Å². The summed E-state index contributed by atoms with van der Waals surface area (Å²) in [5.41, 5.74) is 0. The summed E-state index contributed by atoms with van der Waals surface area (Å²) in [6.07, 6.45) is 0. The third kappa shape index (κ3) is 2.43. The largest absolute Gasteiger partial charge is 1.00 e. The van der Waals surface area contributed by atoms with Gasteiger partial charge in [-0.05, 0) is 22.9 Å². The van der Waals surface area contributed by atoms with Crippen molar-refractivity contribution in [2.75, 3.05) is 0 Å². The number of hydrogen-bond donors (Lipinski definition) is 1. The normalized spacial score (nSPS) is 12.1. The Morgan fingerprint density at radius 3 is 2.36 bits per heavy atom. The van der Waals surface area contributed by atoms with Gasteiger partial charge in [0.2, 0.25) is 0 Å². The van der Waals surface area contributed by atoms with E-state index in [-0.39, 0.29) is 31.0 Å². The Labute approximate surface area is 108 Å². The smallest absolute Gasteiger partial charge is 1.00 e. The van der Waals surface area contributed by atoms with Crippen molar-refractivity contribution in [2.24, 2.45) is 0 Å². The van der Waals surface area contributed by atoms with E-state index >= 15 is 0 Å². The molecule has 0 fully saturated rings. The molecule has 0 radical (unpaired) electrons. The molecule has 14 heavy (non-hydrogen) atoms. The van der Waals surface area contributed by atoms with Crippen LogP contribution in [-0.2, 0) is 11.1 Å². The maximum Gasteiger partial charge on any atom is 1.00 e. The summed E-state index contributed by atoms with van der Waals surface area (Å²) in [5.74, 6) is 0. The van der Waals surface area contributed by atoms with Crippen LogP contribution in [0.1, 0.15) is 1.43 Å². The molecule has 0 aliphatic rings. The first-order chi connectivity index (χ1) is 6.27. The van der Waals surface area contributed by atoms with E-state index in [1.165, 1.54) is 0 Å². The van der Waals surface area contributed by atoms with E-state index in [2.05, 4.69) is 0 Å². The van der Waals surface area contributed by atoms with E-state index in [0.717, 1.165) is 10.8 Å². The molecule has 4 heteroatoms. The van der Waals surface area contributed by atoms with Crippen LogP contribution in [0.4, 0.5) is 0 Å². The monoisotopic (exact) mass is 216 g/mol. The number of benzene rings is 2. The van der Waals surface area contributed by atoms with E-state index in [1.54, 1.807) is 12.1 Å². The molecule has 0 aliphatic heterocycles. The standard InChI is InChI=1S/C10H8O2S.Na.H/c11-13(12)10-6-5-8-3-1-2-4-9(8)7-10;;/h1-7H,(H,11,12);;/q;+1;-1. The SMILES string of the molecule is O=S(O)c1ccc2ccccc2c1.[H-].[Na+]. The summed E-state index contributed by atoms with van der Waals surface area (Å²) in [6.45, 7) is 0. The predicted molar refractivity (Wildman–Crippen MR) is 54.1 cm³/mol. The molecule has 0 heterocycles. The van der Waals surface area contributed by atoms with Crippen LogP contribution >= 0.6 is 0 Å². The minimum atomic E-state index is -1.88. The molecule has 1 unspecified atom stereocenters. The number of hydrogen-bond acceptors (Lipinski definition) is 1. The fourth-order valence-corrected chi connectivity index (χ4v) is 1.69. The Balaban J connectivity index is 0.000000980. The number of rotatable bonds is 1. The molecular weight excluding hydrogens is 207 g/mol. The van der Waals surface area contributed by atoms with Crippen LogP contribution in [0.15, 0.2) is 47.4 Å². The van der Waals surface area contributed by atoms with Gasteiger partial charge >= 0.3 is 29.6 Å². The molecule has 68 valence electrons. The van der Waals surface area contributed by atoms with Crippen LogP contribution in [0, 0.1) is 0 Å². The Morgan fingerprint density at radius 1 is 1.07 bits per heavy atom. The average Bonchev–Trinajstić information content (AvgIpc) is 2.17. The fraction of sp³-hybridized carbons (Fsp3) is 0. The summed E-state index contributed by atoms with van der Waals surface area (Å²) < 4.78 is 19.6. The molecule has 0 bridgehead atoms. The van der Waals surface area contributed by atoms with Crippen molar-refractivity contribution >= 4 is 21.9 Å². The molecule has 0 saturated carbocycles. The van der Waals surface area contributed by atoms with Crippen molar-refractivity contribution in [1.29, 1.82) is 0 Å². The van der Waals surface area contributed by atoms with Crippen LogP contribution < -0.4 is 29.6 Å². The van der Waals surface area contributed by atoms with E-state index in [0.29, 0.717) is 4.90 Å². The zero-order valence-electron chi connectivity index (χ0n) is 8.81. The topological polar surface area (TPSA) is 37.3 Å². The van der Waals surface area contributed by atoms with E-state index in [9.17, 15) is 4.21 Å². The molecule has 2 aromatic carbocycles. The van der Waals surface area contributed by atoms with Crippen molar-refractivity contribution < 1.29 is 39.7 Å². The first-order valence-corrected chi connectivity index (χ1v) is 4.98. The van der Waals surface area contributed by atoms with Gasteiger partial charge in [-0.3, -0.25) is 0 Å². The van der Waals surface area contributed by atoms with Gasteiger partial charge in [0, 0.05) is 0 Å². The Hall–Kier alpha value is -0.190. The van der Waals surface area contributed by atoms with Crippen LogP contribution in [0.2, 0.25) is 0 Å². The molecule has 2 aromatic rings. The molecule has 0 amide bonds. The Morgan fingerprint density at radius 2 is 1.71 bits per heavy atom. The van der Waals surface area contributed by atoms with Crippen molar-refractivity contribution in [1.82, 2.24) is 0 Å². The van der Waals surface area contributed by atoms with Gasteiger partial charge in [-0.1, -0.05) is 30.3 Å². The summed E-state index contributed by atoms with van der Waals surface area (Å²) in [7, 11) is 0. The van der Waals surface area contributed by atoms with Gasteiger partial charge in [-0.2, -0.15) is 0 Å². The van der Waals surface area contributed by atoms with Gasteiger partial charge < -0.3 is 5.98 Å². The van der Waals surface area contributed by atoms with E-state index in [1.807, 2.05) is 30.3 Å². The maximum absolute atomic E-state index is 10.8. The first-order valence-electron chi connectivity index (χ1n) is 3.87. The average molecular weight is 216 g/mol. The second-order valence-electron chi connectivity index (χ2n) is 2.76. The third-order valence-corrected chi connectivity index (χ3v) is 2.58. The Bertz CT molecular complexity index is 476. The van der Waals surface area contributed by atoms with Crippen LogP contribution in [0.3, 0.4) is 0 Å². The molecule has 1 N–H and O–H groups in total. The molecule has 1 atom stereocenters. The van der Waals surface area contributed by atoms with Crippen molar-refractivity contribution in [3.8, 4) is 0 Å². The quantitative estimate of drug-likeness (QED) is 0.517. The van der Waals surface area contributed by atoms with Gasteiger partial charge in [0.1, 0.15) is 0 Å². The van der Waals surface area contributed by atoms with Gasteiger partial charge in [0.25, 0.3) is 0 Å².